The van der Waals surface area contributed by atoms with Gasteiger partial charge in [-0.05, 0) is 30.3 Å². The number of ether oxygens (including phenoxy) is 2. The number of anilines is 1. The molecular formula is C21H22N4O5S. The molecule has 0 bridgehead atoms. The average molecular weight is 442 g/mol. The molecule has 9 nitrogen and oxygen atoms in total. The largest absolute Gasteiger partial charge is 0.486 e. The summed E-state index contributed by atoms with van der Waals surface area (Å²) in [6.45, 7) is 2.67. The smallest absolute Gasteiger partial charge is 0.260 e. The summed E-state index contributed by atoms with van der Waals surface area (Å²) in [6.07, 6.45) is 1.51. The van der Waals surface area contributed by atoms with Crippen LogP contribution in [0.4, 0.5) is 5.69 Å². The molecule has 31 heavy (non-hydrogen) atoms. The van der Waals surface area contributed by atoms with Crippen LogP contribution >= 0.6 is 0 Å². The van der Waals surface area contributed by atoms with Crippen molar-refractivity contribution in [2.75, 3.05) is 44.3 Å². The van der Waals surface area contributed by atoms with Gasteiger partial charge in [-0.2, -0.15) is 4.31 Å². The zero-order valence-corrected chi connectivity index (χ0v) is 17.8. The van der Waals surface area contributed by atoms with Gasteiger partial charge in [0.2, 0.25) is 10.0 Å². The van der Waals surface area contributed by atoms with Gasteiger partial charge in [0, 0.05) is 45.0 Å². The van der Waals surface area contributed by atoms with Crippen molar-refractivity contribution in [3.63, 3.8) is 0 Å². The van der Waals surface area contributed by atoms with Crippen molar-refractivity contribution in [3.8, 4) is 11.5 Å². The fourth-order valence-corrected chi connectivity index (χ4v) is 5.35. The predicted octanol–water partition coefficient (Wildman–Crippen LogP) is 1.22. The molecule has 2 aromatic carbocycles. The molecular weight excluding hydrogens is 420 g/mol. The van der Waals surface area contributed by atoms with Gasteiger partial charge >= 0.3 is 0 Å². The quantitative estimate of drug-likeness (QED) is 0.602. The van der Waals surface area contributed by atoms with Gasteiger partial charge in [-0.3, -0.25) is 4.79 Å². The van der Waals surface area contributed by atoms with Crippen molar-refractivity contribution in [2.24, 2.45) is 7.05 Å². The third-order valence-corrected chi connectivity index (χ3v) is 7.55. The number of sulfonamides is 1. The predicted molar refractivity (Wildman–Crippen MR) is 115 cm³/mol. The molecule has 3 heterocycles. The first kappa shape index (κ1) is 19.8. The number of benzene rings is 2. The third kappa shape index (κ3) is 3.51. The van der Waals surface area contributed by atoms with E-state index in [2.05, 4.69) is 9.88 Å². The highest BCUT2D eigenvalue weighted by atomic mass is 32.2. The lowest BCUT2D eigenvalue weighted by Crippen LogP contribution is -2.48. The molecule has 0 unspecified atom stereocenters. The van der Waals surface area contributed by atoms with Crippen LogP contribution in [0.2, 0.25) is 0 Å². The first-order valence-corrected chi connectivity index (χ1v) is 11.5. The molecule has 162 valence electrons. The van der Waals surface area contributed by atoms with Crippen LogP contribution in [-0.4, -0.2) is 61.7 Å². The van der Waals surface area contributed by atoms with Gasteiger partial charge in [-0.1, -0.05) is 0 Å². The summed E-state index contributed by atoms with van der Waals surface area (Å²) in [7, 11) is -1.96. The third-order valence-electron chi connectivity index (χ3n) is 5.66. The Morgan fingerprint density at radius 2 is 1.68 bits per heavy atom. The number of rotatable bonds is 3. The van der Waals surface area contributed by atoms with E-state index in [0.717, 1.165) is 5.69 Å². The zero-order valence-electron chi connectivity index (χ0n) is 17.0. The number of fused-ring (bicyclic) bond motifs is 2. The molecule has 0 aliphatic carbocycles. The van der Waals surface area contributed by atoms with Crippen molar-refractivity contribution >= 4 is 26.6 Å². The lowest BCUT2D eigenvalue weighted by molar-refractivity contribution is 0.171. The fraction of sp³-hybridized carbons (Fsp3) is 0.333. The Labute approximate surface area is 179 Å². The van der Waals surface area contributed by atoms with Crippen molar-refractivity contribution in [1.82, 2.24) is 13.9 Å². The van der Waals surface area contributed by atoms with E-state index in [1.807, 2.05) is 12.1 Å². The van der Waals surface area contributed by atoms with E-state index in [4.69, 9.17) is 9.47 Å². The van der Waals surface area contributed by atoms with Crippen LogP contribution in [0.3, 0.4) is 0 Å². The summed E-state index contributed by atoms with van der Waals surface area (Å²) in [6, 6.07) is 10.3. The Bertz CT molecular complexity index is 1310. The summed E-state index contributed by atoms with van der Waals surface area (Å²) < 4.78 is 40.2. The highest BCUT2D eigenvalue weighted by Crippen LogP contribution is 2.33. The molecule has 0 amide bonds. The van der Waals surface area contributed by atoms with Crippen LogP contribution in [0.5, 0.6) is 11.5 Å². The average Bonchev–Trinajstić information content (AvgIpc) is 2.81. The molecule has 0 N–H and O–H groups in total. The highest BCUT2D eigenvalue weighted by Gasteiger charge is 2.30. The minimum absolute atomic E-state index is 0.0908. The van der Waals surface area contributed by atoms with E-state index in [1.165, 1.54) is 21.3 Å². The second-order valence-corrected chi connectivity index (χ2v) is 9.50. The summed E-state index contributed by atoms with van der Waals surface area (Å²) in [5.74, 6) is 1.02. The molecule has 1 fully saturated rings. The van der Waals surface area contributed by atoms with Crippen molar-refractivity contribution in [2.45, 2.75) is 4.90 Å². The maximum absolute atomic E-state index is 13.1. The fourth-order valence-electron chi connectivity index (χ4n) is 3.92. The van der Waals surface area contributed by atoms with E-state index < -0.39 is 10.0 Å². The summed E-state index contributed by atoms with van der Waals surface area (Å²) in [5.41, 5.74) is 1.46. The van der Waals surface area contributed by atoms with E-state index in [-0.39, 0.29) is 10.5 Å². The van der Waals surface area contributed by atoms with E-state index in [1.54, 1.807) is 25.2 Å². The molecule has 2 aliphatic rings. The molecule has 10 heteroatoms. The van der Waals surface area contributed by atoms with Gasteiger partial charge in [-0.15, -0.1) is 0 Å². The molecule has 2 aliphatic heterocycles. The number of hydrogen-bond acceptors (Lipinski definition) is 7. The molecule has 1 aromatic heterocycles. The minimum atomic E-state index is -3.63. The number of aromatic nitrogens is 2. The second-order valence-electron chi connectivity index (χ2n) is 7.56. The van der Waals surface area contributed by atoms with Crippen LogP contribution in [0, 0.1) is 0 Å². The van der Waals surface area contributed by atoms with E-state index >= 15 is 0 Å². The Kier molecular flexibility index (Phi) is 4.82. The molecule has 0 saturated carbocycles. The summed E-state index contributed by atoms with van der Waals surface area (Å²) in [4.78, 5) is 18.9. The SMILES string of the molecule is Cn1cnc2cc(N3CCN(S(=O)(=O)c4ccc5c(c4)OCCO5)CC3)ccc2c1=O. The van der Waals surface area contributed by atoms with Gasteiger partial charge in [0.15, 0.2) is 11.5 Å². The van der Waals surface area contributed by atoms with Gasteiger partial charge in [0.25, 0.3) is 5.56 Å². The molecule has 5 rings (SSSR count). The van der Waals surface area contributed by atoms with E-state index in [0.29, 0.717) is 61.8 Å². The lowest BCUT2D eigenvalue weighted by Gasteiger charge is -2.35. The number of piperazine rings is 1. The van der Waals surface area contributed by atoms with Gasteiger partial charge in [0.05, 0.1) is 22.1 Å². The summed E-state index contributed by atoms with van der Waals surface area (Å²) in [5, 5.41) is 0.563. The summed E-state index contributed by atoms with van der Waals surface area (Å²) >= 11 is 0. The van der Waals surface area contributed by atoms with Gasteiger partial charge in [-0.25, -0.2) is 13.4 Å². The second kappa shape index (κ2) is 7.54. The van der Waals surface area contributed by atoms with Crippen molar-refractivity contribution in [3.05, 3.63) is 53.1 Å². The minimum Gasteiger partial charge on any atom is -0.486 e. The normalized spacial score (nSPS) is 17.1. The van der Waals surface area contributed by atoms with Crippen LogP contribution in [-0.2, 0) is 17.1 Å². The molecule has 0 radical (unpaired) electrons. The number of aryl methyl sites for hydroxylation is 1. The van der Waals surface area contributed by atoms with E-state index in [9.17, 15) is 13.2 Å². The molecule has 0 atom stereocenters. The topological polar surface area (TPSA) is 94.0 Å². The van der Waals surface area contributed by atoms with Crippen molar-refractivity contribution < 1.29 is 17.9 Å². The lowest BCUT2D eigenvalue weighted by atomic mass is 10.2. The van der Waals surface area contributed by atoms with Gasteiger partial charge < -0.3 is 18.9 Å². The number of hydrogen-bond donors (Lipinski definition) is 0. The standard InChI is InChI=1S/C21H22N4O5S/c1-23-14-22-18-12-15(2-4-17(18)21(23)26)24-6-8-25(9-7-24)31(27,28)16-3-5-19-20(13-16)30-11-10-29-19/h2-5,12-14H,6-11H2,1H3. The van der Waals surface area contributed by atoms with Crippen LogP contribution in [0.15, 0.2) is 52.4 Å². The first-order valence-electron chi connectivity index (χ1n) is 10.0. The number of nitrogens with zero attached hydrogens (tertiary/aromatic N) is 4. The van der Waals surface area contributed by atoms with Crippen LogP contribution < -0.4 is 19.9 Å². The Morgan fingerprint density at radius 1 is 0.935 bits per heavy atom. The Hall–Kier alpha value is -3.11. The highest BCUT2D eigenvalue weighted by molar-refractivity contribution is 7.89. The maximum Gasteiger partial charge on any atom is 0.260 e. The van der Waals surface area contributed by atoms with Crippen molar-refractivity contribution in [1.29, 1.82) is 0 Å². The molecule has 3 aromatic rings. The Balaban J connectivity index is 1.33. The molecule has 1 saturated heterocycles. The monoisotopic (exact) mass is 442 g/mol. The molecule has 0 spiro atoms. The van der Waals surface area contributed by atoms with Crippen LogP contribution in [0.25, 0.3) is 10.9 Å². The van der Waals surface area contributed by atoms with Crippen LogP contribution in [0.1, 0.15) is 0 Å². The zero-order chi connectivity index (χ0) is 21.6. The maximum atomic E-state index is 13.1. The first-order chi connectivity index (χ1) is 14.9. The van der Waals surface area contributed by atoms with Gasteiger partial charge in [0.1, 0.15) is 13.2 Å². The Morgan fingerprint density at radius 3 is 2.45 bits per heavy atom.